The predicted molar refractivity (Wildman–Crippen MR) is 89.2 cm³/mol. The third-order valence-corrected chi connectivity index (χ3v) is 4.46. The molecule has 0 heterocycles. The largest absolute Gasteiger partial charge is 0.384 e. The summed E-state index contributed by atoms with van der Waals surface area (Å²) < 4.78 is 0. The average molecular weight is 309 g/mol. The maximum absolute atomic E-state index is 12.8. The first-order chi connectivity index (χ1) is 10.1. The fraction of sp³-hybridized carbons (Fsp3) is 0.588. The van der Waals surface area contributed by atoms with Crippen molar-refractivity contribution in [3.63, 3.8) is 0 Å². The van der Waals surface area contributed by atoms with E-state index < -0.39 is 0 Å². The Labute approximate surface area is 132 Å². The van der Waals surface area contributed by atoms with Crippen LogP contribution >= 0.6 is 11.6 Å². The average Bonchev–Trinajstić information content (AvgIpc) is 2.53. The van der Waals surface area contributed by atoms with E-state index in [1.807, 2.05) is 24.1 Å². The second kappa shape index (κ2) is 7.69. The summed E-state index contributed by atoms with van der Waals surface area (Å²) in [5, 5.41) is 3.93. The second-order valence-electron chi connectivity index (χ2n) is 5.82. The third kappa shape index (κ3) is 4.13. The van der Waals surface area contributed by atoms with Gasteiger partial charge >= 0.3 is 0 Å². The third-order valence-electron chi connectivity index (χ3n) is 4.22. The summed E-state index contributed by atoms with van der Waals surface area (Å²) >= 11 is 6.09. The van der Waals surface area contributed by atoms with Gasteiger partial charge in [-0.3, -0.25) is 4.79 Å². The van der Waals surface area contributed by atoms with Gasteiger partial charge in [-0.2, -0.15) is 0 Å². The highest BCUT2D eigenvalue weighted by atomic mass is 35.5. The van der Waals surface area contributed by atoms with Crippen LogP contribution in [-0.2, 0) is 0 Å². The summed E-state index contributed by atoms with van der Waals surface area (Å²) in [6, 6.07) is 5.88. The minimum Gasteiger partial charge on any atom is -0.384 e. The molecule has 0 spiro atoms. The lowest BCUT2D eigenvalue weighted by Gasteiger charge is -2.31. The number of hydrogen-bond donors (Lipinski definition) is 1. The minimum atomic E-state index is 0.0722. The van der Waals surface area contributed by atoms with Crippen molar-refractivity contribution >= 4 is 23.2 Å². The molecule has 1 amide bonds. The van der Waals surface area contributed by atoms with Crippen molar-refractivity contribution in [3.8, 4) is 0 Å². The van der Waals surface area contributed by atoms with Crippen molar-refractivity contribution in [2.75, 3.05) is 18.9 Å². The van der Waals surface area contributed by atoms with Crippen molar-refractivity contribution in [1.82, 2.24) is 4.90 Å². The number of rotatable bonds is 5. The summed E-state index contributed by atoms with van der Waals surface area (Å²) in [6.07, 6.45) is 6.98. The van der Waals surface area contributed by atoms with Crippen molar-refractivity contribution in [2.45, 2.75) is 51.5 Å². The zero-order valence-electron chi connectivity index (χ0n) is 13.0. The molecule has 2 rings (SSSR count). The Kier molecular flexibility index (Phi) is 5.92. The van der Waals surface area contributed by atoms with Crippen LogP contribution in [0.5, 0.6) is 0 Å². The Morgan fingerprint density at radius 2 is 2.05 bits per heavy atom. The molecule has 0 aliphatic heterocycles. The van der Waals surface area contributed by atoms with E-state index in [-0.39, 0.29) is 5.91 Å². The molecule has 0 bridgehead atoms. The van der Waals surface area contributed by atoms with E-state index in [0.29, 0.717) is 16.6 Å². The van der Waals surface area contributed by atoms with E-state index in [1.165, 1.54) is 19.3 Å². The molecule has 1 N–H and O–H groups in total. The molecule has 0 aromatic heterocycles. The highest BCUT2D eigenvalue weighted by molar-refractivity contribution is 6.31. The molecule has 0 saturated heterocycles. The number of nitrogens with one attached hydrogen (secondary N) is 1. The normalized spacial score (nSPS) is 15.8. The summed E-state index contributed by atoms with van der Waals surface area (Å²) in [4.78, 5) is 14.7. The van der Waals surface area contributed by atoms with E-state index in [4.69, 9.17) is 11.6 Å². The molecule has 1 fully saturated rings. The Hall–Kier alpha value is -1.22. The van der Waals surface area contributed by atoms with Gasteiger partial charge in [0.05, 0.1) is 5.56 Å². The molecule has 0 unspecified atom stereocenters. The van der Waals surface area contributed by atoms with E-state index in [9.17, 15) is 4.79 Å². The van der Waals surface area contributed by atoms with Crippen molar-refractivity contribution in [1.29, 1.82) is 0 Å². The smallest absolute Gasteiger partial charge is 0.255 e. The topological polar surface area (TPSA) is 32.3 Å². The highest BCUT2D eigenvalue weighted by Crippen LogP contribution is 2.26. The molecule has 1 aromatic carbocycles. The number of carbonyl (C=O) groups is 1. The molecule has 4 heteroatoms. The Bertz CT molecular complexity index is 484. The molecule has 21 heavy (non-hydrogen) atoms. The zero-order valence-corrected chi connectivity index (χ0v) is 13.7. The van der Waals surface area contributed by atoms with Crippen LogP contribution in [0.3, 0.4) is 0 Å². The SMILES string of the molecule is CCCNc1ccc(Cl)cc1C(=O)N(C)C1CCCCC1. The van der Waals surface area contributed by atoms with Gasteiger partial charge in [-0.25, -0.2) is 0 Å². The number of amides is 1. The van der Waals surface area contributed by atoms with Crippen LogP contribution in [0.1, 0.15) is 55.8 Å². The van der Waals surface area contributed by atoms with Crippen molar-refractivity contribution < 1.29 is 4.79 Å². The number of anilines is 1. The molecule has 0 radical (unpaired) electrons. The van der Waals surface area contributed by atoms with Crippen LogP contribution in [0.15, 0.2) is 18.2 Å². The molecule has 1 saturated carbocycles. The van der Waals surface area contributed by atoms with Gasteiger partial charge in [0.15, 0.2) is 0 Å². The molecule has 1 aliphatic carbocycles. The van der Waals surface area contributed by atoms with Gasteiger partial charge in [0.2, 0.25) is 0 Å². The van der Waals surface area contributed by atoms with Gasteiger partial charge in [-0.05, 0) is 37.5 Å². The molecular weight excluding hydrogens is 284 g/mol. The highest BCUT2D eigenvalue weighted by Gasteiger charge is 2.24. The molecule has 1 aromatic rings. The number of carbonyl (C=O) groups excluding carboxylic acids is 1. The molecule has 116 valence electrons. The van der Waals surface area contributed by atoms with E-state index in [1.54, 1.807) is 6.07 Å². The molecular formula is C17H25ClN2O. The van der Waals surface area contributed by atoms with Gasteiger partial charge in [-0.1, -0.05) is 37.8 Å². The van der Waals surface area contributed by atoms with Crippen LogP contribution in [-0.4, -0.2) is 30.4 Å². The maximum Gasteiger partial charge on any atom is 0.255 e. The Morgan fingerprint density at radius 1 is 1.33 bits per heavy atom. The van der Waals surface area contributed by atoms with Gasteiger partial charge in [0, 0.05) is 30.3 Å². The van der Waals surface area contributed by atoms with Crippen molar-refractivity contribution in [2.24, 2.45) is 0 Å². The molecule has 0 atom stereocenters. The fourth-order valence-electron chi connectivity index (χ4n) is 2.93. The van der Waals surface area contributed by atoms with Gasteiger partial charge in [0.25, 0.3) is 5.91 Å². The standard InChI is InChI=1S/C17H25ClN2O/c1-3-11-19-16-10-9-13(18)12-15(16)17(21)20(2)14-7-5-4-6-8-14/h9-10,12,14,19H,3-8,11H2,1-2H3. The number of benzene rings is 1. The Balaban J connectivity index is 2.18. The van der Waals surface area contributed by atoms with E-state index >= 15 is 0 Å². The molecule has 1 aliphatic rings. The number of nitrogens with zero attached hydrogens (tertiary/aromatic N) is 1. The predicted octanol–water partition coefficient (Wildman–Crippen LogP) is 4.57. The maximum atomic E-state index is 12.8. The lowest BCUT2D eigenvalue weighted by Crippen LogP contribution is -2.38. The Morgan fingerprint density at radius 3 is 2.71 bits per heavy atom. The zero-order chi connectivity index (χ0) is 15.2. The fourth-order valence-corrected chi connectivity index (χ4v) is 3.10. The monoisotopic (exact) mass is 308 g/mol. The van der Waals surface area contributed by atoms with E-state index in [2.05, 4.69) is 12.2 Å². The van der Waals surface area contributed by atoms with Crippen LogP contribution in [0.25, 0.3) is 0 Å². The van der Waals surface area contributed by atoms with Crippen LogP contribution in [0.2, 0.25) is 5.02 Å². The summed E-state index contributed by atoms with van der Waals surface area (Å²) in [5.74, 6) is 0.0722. The lowest BCUT2D eigenvalue weighted by atomic mass is 9.94. The first-order valence-corrected chi connectivity index (χ1v) is 8.32. The summed E-state index contributed by atoms with van der Waals surface area (Å²) in [5.41, 5.74) is 1.57. The minimum absolute atomic E-state index is 0.0722. The second-order valence-corrected chi connectivity index (χ2v) is 6.26. The van der Waals surface area contributed by atoms with Gasteiger partial charge in [-0.15, -0.1) is 0 Å². The van der Waals surface area contributed by atoms with Crippen LogP contribution in [0.4, 0.5) is 5.69 Å². The first kappa shape index (κ1) is 16.2. The van der Waals surface area contributed by atoms with E-state index in [0.717, 1.165) is 31.5 Å². The summed E-state index contributed by atoms with van der Waals surface area (Å²) in [6.45, 7) is 2.97. The number of hydrogen-bond acceptors (Lipinski definition) is 2. The van der Waals surface area contributed by atoms with Crippen LogP contribution < -0.4 is 5.32 Å². The first-order valence-electron chi connectivity index (χ1n) is 7.94. The van der Waals surface area contributed by atoms with Crippen molar-refractivity contribution in [3.05, 3.63) is 28.8 Å². The quantitative estimate of drug-likeness (QED) is 0.864. The summed E-state index contributed by atoms with van der Waals surface area (Å²) in [7, 11) is 1.92. The number of halogens is 1. The van der Waals surface area contributed by atoms with Crippen LogP contribution in [0, 0.1) is 0 Å². The lowest BCUT2D eigenvalue weighted by molar-refractivity contribution is 0.0697. The van der Waals surface area contributed by atoms with Gasteiger partial charge in [0.1, 0.15) is 0 Å². The molecule has 3 nitrogen and oxygen atoms in total. The van der Waals surface area contributed by atoms with Gasteiger partial charge < -0.3 is 10.2 Å².